The maximum absolute atomic E-state index is 8.62. The first kappa shape index (κ1) is 6.21. The molecule has 2 nitrogen and oxygen atoms in total. The highest BCUT2D eigenvalue weighted by Gasteiger charge is 2.16. The number of rotatable bonds is 1. The van der Waals surface area contributed by atoms with Crippen LogP contribution in [0.1, 0.15) is 12.8 Å². The fourth-order valence-corrected chi connectivity index (χ4v) is 1.46. The summed E-state index contributed by atoms with van der Waals surface area (Å²) in [5.74, 6) is 0. The molecule has 0 heterocycles. The average Bonchev–Trinajstić information content (AvgIpc) is 2.12. The normalized spacial score (nSPS) is 27.6. The van der Waals surface area contributed by atoms with Crippen molar-refractivity contribution in [1.29, 1.82) is 0 Å². The third-order valence-corrected chi connectivity index (χ3v) is 2.31. The molecule has 8 heavy (non-hydrogen) atoms. The fourth-order valence-electron chi connectivity index (χ4n) is 0.809. The van der Waals surface area contributed by atoms with Crippen LogP contribution in [0.3, 0.4) is 0 Å². The monoisotopic (exact) mass is 132 g/mol. The lowest BCUT2D eigenvalue weighted by Gasteiger charge is -2.06. The third-order valence-electron chi connectivity index (χ3n) is 1.28. The van der Waals surface area contributed by atoms with E-state index in [-0.39, 0.29) is 5.66 Å². The van der Waals surface area contributed by atoms with Crippen molar-refractivity contribution in [2.75, 3.05) is 0 Å². The van der Waals surface area contributed by atoms with Gasteiger partial charge in [0, 0.05) is 5.66 Å². The second-order valence-electron chi connectivity index (χ2n) is 1.89. The SMILES string of the molecule is OP(O)C1C=CCC1. The molecule has 46 valence electrons. The van der Waals surface area contributed by atoms with E-state index >= 15 is 0 Å². The van der Waals surface area contributed by atoms with Crippen molar-refractivity contribution < 1.29 is 9.79 Å². The van der Waals surface area contributed by atoms with Gasteiger partial charge in [-0.3, -0.25) is 0 Å². The van der Waals surface area contributed by atoms with Gasteiger partial charge in [-0.05, 0) is 12.8 Å². The van der Waals surface area contributed by atoms with Gasteiger partial charge in [-0.1, -0.05) is 12.2 Å². The van der Waals surface area contributed by atoms with Crippen molar-refractivity contribution in [3.8, 4) is 0 Å². The highest BCUT2D eigenvalue weighted by Crippen LogP contribution is 2.37. The van der Waals surface area contributed by atoms with Crippen LogP contribution in [0.15, 0.2) is 12.2 Å². The molecule has 0 spiro atoms. The van der Waals surface area contributed by atoms with Gasteiger partial charge in [-0.15, -0.1) is 0 Å². The summed E-state index contributed by atoms with van der Waals surface area (Å²) in [6, 6.07) is 0. The largest absolute Gasteiger partial charge is 0.350 e. The van der Waals surface area contributed by atoms with Crippen molar-refractivity contribution in [3.05, 3.63) is 12.2 Å². The van der Waals surface area contributed by atoms with Crippen LogP contribution in [-0.4, -0.2) is 15.4 Å². The van der Waals surface area contributed by atoms with Gasteiger partial charge >= 0.3 is 0 Å². The van der Waals surface area contributed by atoms with E-state index in [0.29, 0.717) is 0 Å². The van der Waals surface area contributed by atoms with E-state index in [0.717, 1.165) is 12.8 Å². The summed E-state index contributed by atoms with van der Waals surface area (Å²) >= 11 is 0. The van der Waals surface area contributed by atoms with Crippen molar-refractivity contribution in [3.63, 3.8) is 0 Å². The molecule has 1 rings (SSSR count). The molecule has 0 fully saturated rings. The van der Waals surface area contributed by atoms with Crippen LogP contribution in [0.2, 0.25) is 0 Å². The van der Waals surface area contributed by atoms with Crippen LogP contribution in [0.5, 0.6) is 0 Å². The summed E-state index contributed by atoms with van der Waals surface area (Å²) < 4.78 is 0. The molecule has 3 heteroatoms. The number of allylic oxidation sites excluding steroid dienone is 2. The molecule has 0 saturated heterocycles. The molecular weight excluding hydrogens is 123 g/mol. The summed E-state index contributed by atoms with van der Waals surface area (Å²) in [5.41, 5.74) is 0.0602. The molecule has 1 atom stereocenters. The predicted molar refractivity (Wildman–Crippen MR) is 33.5 cm³/mol. The molecular formula is C5H9O2P. The highest BCUT2D eigenvalue weighted by molar-refractivity contribution is 7.46. The minimum Gasteiger partial charge on any atom is -0.350 e. The molecule has 1 aliphatic rings. The zero-order chi connectivity index (χ0) is 5.98. The molecule has 0 amide bonds. The second-order valence-corrected chi connectivity index (χ2v) is 3.20. The van der Waals surface area contributed by atoms with Gasteiger partial charge in [0.25, 0.3) is 0 Å². The van der Waals surface area contributed by atoms with E-state index < -0.39 is 8.38 Å². The van der Waals surface area contributed by atoms with E-state index in [4.69, 9.17) is 9.79 Å². The average molecular weight is 132 g/mol. The Morgan fingerprint density at radius 3 is 2.50 bits per heavy atom. The lowest BCUT2D eigenvalue weighted by molar-refractivity contribution is 0.472. The second kappa shape index (κ2) is 2.58. The Balaban J connectivity index is 2.36. The maximum Gasteiger partial charge on any atom is 0.172 e. The van der Waals surface area contributed by atoms with E-state index in [1.165, 1.54) is 0 Å². The van der Waals surface area contributed by atoms with E-state index in [2.05, 4.69) is 0 Å². The first-order valence-corrected chi connectivity index (χ1v) is 3.96. The zero-order valence-corrected chi connectivity index (χ0v) is 5.38. The lowest BCUT2D eigenvalue weighted by Crippen LogP contribution is -1.94. The standard InChI is InChI=1S/C5H9O2P/c6-8(7)5-3-1-2-4-5/h1,3,5-7H,2,4H2. The molecule has 0 aliphatic heterocycles. The minimum absolute atomic E-state index is 0.0602. The number of hydrogen-bond donors (Lipinski definition) is 2. The van der Waals surface area contributed by atoms with Gasteiger partial charge in [0.1, 0.15) is 0 Å². The van der Waals surface area contributed by atoms with Crippen LogP contribution >= 0.6 is 8.38 Å². The molecule has 0 bridgehead atoms. The van der Waals surface area contributed by atoms with Crippen LogP contribution in [0.4, 0.5) is 0 Å². The van der Waals surface area contributed by atoms with Crippen LogP contribution < -0.4 is 0 Å². The summed E-state index contributed by atoms with van der Waals surface area (Å²) in [6.45, 7) is 0. The van der Waals surface area contributed by atoms with Crippen LogP contribution in [-0.2, 0) is 0 Å². The Morgan fingerprint density at radius 1 is 1.50 bits per heavy atom. The molecule has 0 aromatic rings. The molecule has 0 radical (unpaired) electrons. The van der Waals surface area contributed by atoms with Crippen LogP contribution in [0.25, 0.3) is 0 Å². The molecule has 1 aliphatic carbocycles. The van der Waals surface area contributed by atoms with Gasteiger partial charge in [-0.25, -0.2) is 0 Å². The van der Waals surface area contributed by atoms with E-state index in [1.807, 2.05) is 12.2 Å². The first-order chi connectivity index (χ1) is 3.80. The minimum atomic E-state index is -1.69. The van der Waals surface area contributed by atoms with Crippen LogP contribution in [0, 0.1) is 0 Å². The van der Waals surface area contributed by atoms with Gasteiger partial charge in [-0.2, -0.15) is 0 Å². The maximum atomic E-state index is 8.62. The Kier molecular flexibility index (Phi) is 2.01. The third kappa shape index (κ3) is 1.28. The smallest absolute Gasteiger partial charge is 0.172 e. The quantitative estimate of drug-likeness (QED) is 0.412. The fraction of sp³-hybridized carbons (Fsp3) is 0.600. The van der Waals surface area contributed by atoms with E-state index in [1.54, 1.807) is 0 Å². The van der Waals surface area contributed by atoms with Gasteiger partial charge in [0.15, 0.2) is 8.38 Å². The number of hydrogen-bond acceptors (Lipinski definition) is 2. The summed E-state index contributed by atoms with van der Waals surface area (Å²) in [7, 11) is -1.69. The Bertz CT molecular complexity index is 101. The molecule has 2 N–H and O–H groups in total. The Labute approximate surface area is 49.8 Å². The molecule has 0 saturated carbocycles. The molecule has 0 aromatic carbocycles. The lowest BCUT2D eigenvalue weighted by atomic mass is 10.4. The topological polar surface area (TPSA) is 40.5 Å². The van der Waals surface area contributed by atoms with Crippen molar-refractivity contribution in [2.24, 2.45) is 0 Å². The molecule has 1 unspecified atom stereocenters. The van der Waals surface area contributed by atoms with Crippen molar-refractivity contribution >= 4 is 8.38 Å². The van der Waals surface area contributed by atoms with Crippen molar-refractivity contribution in [2.45, 2.75) is 18.5 Å². The summed E-state index contributed by atoms with van der Waals surface area (Å²) in [6.07, 6.45) is 5.79. The van der Waals surface area contributed by atoms with Gasteiger partial charge < -0.3 is 9.79 Å². The summed E-state index contributed by atoms with van der Waals surface area (Å²) in [4.78, 5) is 17.2. The predicted octanol–water partition coefficient (Wildman–Crippen LogP) is 1.00. The van der Waals surface area contributed by atoms with E-state index in [9.17, 15) is 0 Å². The van der Waals surface area contributed by atoms with Gasteiger partial charge in [0.05, 0.1) is 0 Å². The van der Waals surface area contributed by atoms with Crippen molar-refractivity contribution in [1.82, 2.24) is 0 Å². The first-order valence-electron chi connectivity index (χ1n) is 2.64. The van der Waals surface area contributed by atoms with Gasteiger partial charge in [0.2, 0.25) is 0 Å². The zero-order valence-electron chi connectivity index (χ0n) is 4.49. The Morgan fingerprint density at radius 2 is 2.25 bits per heavy atom. The highest BCUT2D eigenvalue weighted by atomic mass is 31.2. The molecule has 0 aromatic heterocycles. The summed E-state index contributed by atoms with van der Waals surface area (Å²) in [5, 5.41) is 0. The Hall–Kier alpha value is 0.0900.